The molecule has 1 unspecified atom stereocenters. The number of anilines is 1. The zero-order valence-electron chi connectivity index (χ0n) is 14.3. The molecule has 2 N–H and O–H groups in total. The first-order chi connectivity index (χ1) is 12.3. The maximum Gasteiger partial charge on any atom is 0.270 e. The van der Waals surface area contributed by atoms with Gasteiger partial charge in [0.1, 0.15) is 17.8 Å². The third kappa shape index (κ3) is 5.53. The smallest absolute Gasteiger partial charge is 0.270 e. The van der Waals surface area contributed by atoms with Gasteiger partial charge in [-0.2, -0.15) is 0 Å². The summed E-state index contributed by atoms with van der Waals surface area (Å²) in [5, 5.41) is 6.13. The fourth-order valence-electron chi connectivity index (χ4n) is 2.83. The maximum absolute atomic E-state index is 12.2. The molecule has 1 aromatic heterocycles. The number of benzene rings is 1. The van der Waals surface area contributed by atoms with E-state index in [1.807, 2.05) is 18.2 Å². The van der Waals surface area contributed by atoms with E-state index in [1.165, 1.54) is 11.9 Å². The van der Waals surface area contributed by atoms with Crippen molar-refractivity contribution in [3.05, 3.63) is 54.0 Å². The van der Waals surface area contributed by atoms with E-state index in [2.05, 4.69) is 32.7 Å². The number of hydrogen-bond donors (Lipinski definition) is 2. The van der Waals surface area contributed by atoms with Crippen LogP contribution in [-0.4, -0.2) is 41.7 Å². The molecule has 0 radical (unpaired) electrons. The first-order valence-electron chi connectivity index (χ1n) is 8.81. The molecule has 3 rings (SSSR count). The second kappa shape index (κ2) is 9.13. The third-order valence-corrected chi connectivity index (χ3v) is 4.21. The number of carbonyl (C=O) groups is 1. The largest absolute Gasteiger partial charge is 0.376 e. The third-order valence-electron chi connectivity index (χ3n) is 4.21. The molecule has 1 atom stereocenters. The van der Waals surface area contributed by atoms with Gasteiger partial charge in [-0.3, -0.25) is 4.79 Å². The Kier molecular flexibility index (Phi) is 6.34. The molecule has 2 heterocycles. The number of rotatable bonds is 8. The van der Waals surface area contributed by atoms with Crippen LogP contribution in [0.25, 0.3) is 0 Å². The van der Waals surface area contributed by atoms with Gasteiger partial charge in [0, 0.05) is 25.8 Å². The van der Waals surface area contributed by atoms with Crippen molar-refractivity contribution in [1.82, 2.24) is 15.3 Å². The van der Waals surface area contributed by atoms with E-state index < -0.39 is 0 Å². The van der Waals surface area contributed by atoms with E-state index in [0.29, 0.717) is 24.6 Å². The van der Waals surface area contributed by atoms with E-state index in [4.69, 9.17) is 4.74 Å². The number of nitrogens with one attached hydrogen (secondary N) is 2. The van der Waals surface area contributed by atoms with Crippen LogP contribution in [0.3, 0.4) is 0 Å². The molecule has 0 saturated carbocycles. The topological polar surface area (TPSA) is 76.1 Å². The summed E-state index contributed by atoms with van der Waals surface area (Å²) in [6, 6.07) is 11.9. The van der Waals surface area contributed by atoms with Crippen molar-refractivity contribution in [1.29, 1.82) is 0 Å². The van der Waals surface area contributed by atoms with E-state index in [1.54, 1.807) is 6.07 Å². The Labute approximate surface area is 148 Å². The van der Waals surface area contributed by atoms with Crippen molar-refractivity contribution in [3.63, 3.8) is 0 Å². The van der Waals surface area contributed by atoms with Crippen LogP contribution < -0.4 is 10.6 Å². The van der Waals surface area contributed by atoms with E-state index in [-0.39, 0.29) is 12.0 Å². The van der Waals surface area contributed by atoms with Crippen LogP contribution in [-0.2, 0) is 11.2 Å². The number of amides is 1. The minimum Gasteiger partial charge on any atom is -0.376 e. The first kappa shape index (κ1) is 17.4. The molecule has 6 nitrogen and oxygen atoms in total. The molecule has 132 valence electrons. The molecule has 0 bridgehead atoms. The van der Waals surface area contributed by atoms with E-state index >= 15 is 0 Å². The van der Waals surface area contributed by atoms with Crippen molar-refractivity contribution in [2.45, 2.75) is 31.8 Å². The zero-order valence-corrected chi connectivity index (χ0v) is 14.3. The Balaban J connectivity index is 1.42. The minimum atomic E-state index is -0.171. The number of nitrogens with zero attached hydrogens (tertiary/aromatic N) is 2. The summed E-state index contributed by atoms with van der Waals surface area (Å²) < 4.78 is 5.57. The molecule has 1 amide bonds. The molecule has 1 aliphatic heterocycles. The normalized spacial score (nSPS) is 16.6. The molecule has 1 fully saturated rings. The standard InChI is InChI=1S/C19H24N4O2/c24-19(20-10-4-8-15-6-2-1-3-7-15)17-12-18(23-14-22-17)21-13-16-9-5-11-25-16/h1-3,6-7,12,14,16H,4-5,8-11,13H2,(H,20,24)(H,21,22,23). The van der Waals surface area contributed by atoms with Gasteiger partial charge in [0.05, 0.1) is 6.10 Å². The lowest BCUT2D eigenvalue weighted by Gasteiger charge is -2.11. The lowest BCUT2D eigenvalue weighted by atomic mass is 10.1. The molecule has 1 aromatic carbocycles. The van der Waals surface area contributed by atoms with Crippen LogP contribution in [0.4, 0.5) is 5.82 Å². The number of hydrogen-bond acceptors (Lipinski definition) is 5. The highest BCUT2D eigenvalue weighted by Crippen LogP contribution is 2.13. The Bertz CT molecular complexity index is 672. The summed E-state index contributed by atoms with van der Waals surface area (Å²) >= 11 is 0. The van der Waals surface area contributed by atoms with Gasteiger partial charge in [0.25, 0.3) is 5.91 Å². The van der Waals surface area contributed by atoms with Gasteiger partial charge in [-0.05, 0) is 31.2 Å². The van der Waals surface area contributed by atoms with Gasteiger partial charge in [0.2, 0.25) is 0 Å². The average Bonchev–Trinajstić information content (AvgIpc) is 3.18. The van der Waals surface area contributed by atoms with Crippen molar-refractivity contribution in [2.75, 3.05) is 25.0 Å². The van der Waals surface area contributed by atoms with Crippen LogP contribution in [0.5, 0.6) is 0 Å². The lowest BCUT2D eigenvalue weighted by molar-refractivity contribution is 0.0948. The van der Waals surface area contributed by atoms with Crippen molar-refractivity contribution in [2.24, 2.45) is 0 Å². The molecule has 2 aromatic rings. The van der Waals surface area contributed by atoms with Gasteiger partial charge >= 0.3 is 0 Å². The quantitative estimate of drug-likeness (QED) is 0.722. The second-order valence-corrected chi connectivity index (χ2v) is 6.15. The van der Waals surface area contributed by atoms with Gasteiger partial charge < -0.3 is 15.4 Å². The molecular weight excluding hydrogens is 316 g/mol. The maximum atomic E-state index is 12.2. The zero-order chi connectivity index (χ0) is 17.3. The fourth-order valence-corrected chi connectivity index (χ4v) is 2.83. The molecule has 1 saturated heterocycles. The Morgan fingerprint density at radius 3 is 2.92 bits per heavy atom. The molecule has 1 aliphatic rings. The molecular formula is C19H24N4O2. The van der Waals surface area contributed by atoms with Gasteiger partial charge in [-0.1, -0.05) is 30.3 Å². The summed E-state index contributed by atoms with van der Waals surface area (Å²) in [5.74, 6) is 0.482. The number of ether oxygens (including phenoxy) is 1. The van der Waals surface area contributed by atoms with Gasteiger partial charge in [-0.15, -0.1) is 0 Å². The second-order valence-electron chi connectivity index (χ2n) is 6.15. The van der Waals surface area contributed by atoms with Gasteiger partial charge in [-0.25, -0.2) is 9.97 Å². The predicted octanol–water partition coefficient (Wildman–Crippen LogP) is 2.43. The first-order valence-corrected chi connectivity index (χ1v) is 8.81. The summed E-state index contributed by atoms with van der Waals surface area (Å²) in [6.07, 6.45) is 5.64. The Hall–Kier alpha value is -2.47. The van der Waals surface area contributed by atoms with Crippen LogP contribution >= 0.6 is 0 Å². The van der Waals surface area contributed by atoms with Crippen LogP contribution in [0.1, 0.15) is 35.3 Å². The van der Waals surface area contributed by atoms with Crippen LogP contribution in [0, 0.1) is 0 Å². The fraction of sp³-hybridized carbons (Fsp3) is 0.421. The highest BCUT2D eigenvalue weighted by Gasteiger charge is 2.15. The highest BCUT2D eigenvalue weighted by atomic mass is 16.5. The number of aromatic nitrogens is 2. The summed E-state index contributed by atoms with van der Waals surface area (Å²) in [5.41, 5.74) is 1.66. The average molecular weight is 340 g/mol. The number of carbonyl (C=O) groups excluding carboxylic acids is 1. The van der Waals surface area contributed by atoms with Gasteiger partial charge in [0.15, 0.2) is 0 Å². The number of aryl methyl sites for hydroxylation is 1. The minimum absolute atomic E-state index is 0.171. The lowest BCUT2D eigenvalue weighted by Crippen LogP contribution is -2.26. The van der Waals surface area contributed by atoms with E-state index in [9.17, 15) is 4.79 Å². The summed E-state index contributed by atoms with van der Waals surface area (Å²) in [4.78, 5) is 20.4. The Morgan fingerprint density at radius 2 is 2.12 bits per heavy atom. The van der Waals surface area contributed by atoms with Crippen molar-refractivity contribution >= 4 is 11.7 Å². The van der Waals surface area contributed by atoms with Crippen LogP contribution in [0.2, 0.25) is 0 Å². The SMILES string of the molecule is O=C(NCCCc1ccccc1)c1cc(NCC2CCCO2)ncn1. The molecule has 6 heteroatoms. The monoisotopic (exact) mass is 340 g/mol. The molecule has 0 spiro atoms. The van der Waals surface area contributed by atoms with Crippen molar-refractivity contribution in [3.8, 4) is 0 Å². The van der Waals surface area contributed by atoms with E-state index in [0.717, 1.165) is 32.3 Å². The summed E-state index contributed by atoms with van der Waals surface area (Å²) in [6.45, 7) is 2.15. The predicted molar refractivity (Wildman–Crippen MR) is 96.6 cm³/mol. The van der Waals surface area contributed by atoms with Crippen molar-refractivity contribution < 1.29 is 9.53 Å². The van der Waals surface area contributed by atoms with Crippen LogP contribution in [0.15, 0.2) is 42.7 Å². The molecule has 25 heavy (non-hydrogen) atoms. The molecule has 0 aliphatic carbocycles. The Morgan fingerprint density at radius 1 is 1.24 bits per heavy atom. The highest BCUT2D eigenvalue weighted by molar-refractivity contribution is 5.92. The summed E-state index contributed by atoms with van der Waals surface area (Å²) in [7, 11) is 0.